The van der Waals surface area contributed by atoms with E-state index in [4.69, 9.17) is 0 Å². The number of carbonyl (C=O) groups excluding carboxylic acids is 1. The maximum Gasteiger partial charge on any atom is 0.252 e. The molecule has 0 aromatic carbocycles. The van der Waals surface area contributed by atoms with E-state index in [2.05, 4.69) is 16.0 Å². The number of hydrogen-bond acceptors (Lipinski definition) is 6. The third kappa shape index (κ3) is 4.85. The van der Waals surface area contributed by atoms with Gasteiger partial charge in [-0.25, -0.2) is 8.42 Å². The normalized spacial score (nSPS) is 19.0. The van der Waals surface area contributed by atoms with Crippen molar-refractivity contribution >= 4 is 27.3 Å². The Labute approximate surface area is 176 Å². The number of thiophene rings is 1. The van der Waals surface area contributed by atoms with Crippen molar-refractivity contribution in [3.63, 3.8) is 0 Å². The lowest BCUT2D eigenvalue weighted by Gasteiger charge is -2.34. The summed E-state index contributed by atoms with van der Waals surface area (Å²) in [6, 6.07) is 7.43. The fraction of sp³-hybridized carbons (Fsp3) is 0.500. The smallest absolute Gasteiger partial charge is 0.252 e. The van der Waals surface area contributed by atoms with Crippen LogP contribution >= 0.6 is 11.3 Å². The Balaban J connectivity index is 1.30. The largest absolute Gasteiger partial charge is 0.340 e. The first-order valence-corrected chi connectivity index (χ1v) is 12.3. The van der Waals surface area contributed by atoms with Gasteiger partial charge in [-0.3, -0.25) is 14.7 Å². The van der Waals surface area contributed by atoms with Crippen LogP contribution in [0.5, 0.6) is 0 Å². The molecule has 4 rings (SSSR count). The topological polar surface area (TPSA) is 73.8 Å². The van der Waals surface area contributed by atoms with Crippen LogP contribution in [-0.2, 0) is 27.8 Å². The molecule has 2 fully saturated rings. The van der Waals surface area contributed by atoms with Crippen LogP contribution < -0.4 is 0 Å². The highest BCUT2D eigenvalue weighted by Crippen LogP contribution is 2.28. The van der Waals surface area contributed by atoms with Crippen LogP contribution in [0.4, 0.5) is 0 Å². The maximum absolute atomic E-state index is 12.7. The number of carbonyl (C=O) groups is 1. The van der Waals surface area contributed by atoms with E-state index in [9.17, 15) is 13.2 Å². The van der Waals surface area contributed by atoms with Crippen LogP contribution in [0.2, 0.25) is 0 Å². The quantitative estimate of drug-likeness (QED) is 0.693. The van der Waals surface area contributed by atoms with Crippen LogP contribution in [0.1, 0.15) is 23.3 Å². The first kappa shape index (κ1) is 20.5. The molecule has 1 amide bonds. The predicted molar refractivity (Wildman–Crippen MR) is 112 cm³/mol. The van der Waals surface area contributed by atoms with Crippen molar-refractivity contribution in [2.75, 3.05) is 39.3 Å². The highest BCUT2D eigenvalue weighted by Gasteiger charge is 2.29. The van der Waals surface area contributed by atoms with Gasteiger partial charge in [-0.1, -0.05) is 6.07 Å². The summed E-state index contributed by atoms with van der Waals surface area (Å²) in [6.07, 6.45) is 5.75. The fourth-order valence-electron chi connectivity index (χ4n) is 3.81. The van der Waals surface area contributed by atoms with Crippen LogP contribution in [0.3, 0.4) is 0 Å². The molecule has 0 atom stereocenters. The first-order chi connectivity index (χ1) is 14.0. The third-order valence-electron chi connectivity index (χ3n) is 5.48. The molecule has 2 aromatic heterocycles. The molecule has 2 aliphatic heterocycles. The van der Waals surface area contributed by atoms with Crippen molar-refractivity contribution in [1.82, 2.24) is 19.1 Å². The Bertz CT molecular complexity index is 932. The van der Waals surface area contributed by atoms with E-state index in [1.165, 1.54) is 16.9 Å². The van der Waals surface area contributed by atoms with E-state index < -0.39 is 10.0 Å². The van der Waals surface area contributed by atoms with E-state index in [-0.39, 0.29) is 12.3 Å². The summed E-state index contributed by atoms with van der Waals surface area (Å²) in [6.45, 7) is 5.10. The highest BCUT2D eigenvalue weighted by molar-refractivity contribution is 7.91. The van der Waals surface area contributed by atoms with E-state index >= 15 is 0 Å². The second-order valence-corrected chi connectivity index (χ2v) is 10.9. The van der Waals surface area contributed by atoms with Crippen molar-refractivity contribution in [3.05, 3.63) is 47.1 Å². The van der Waals surface area contributed by atoms with Crippen molar-refractivity contribution < 1.29 is 13.2 Å². The molecule has 7 nitrogen and oxygen atoms in total. The minimum atomic E-state index is -3.40. The number of aromatic nitrogens is 1. The van der Waals surface area contributed by atoms with Gasteiger partial charge in [0.15, 0.2) is 0 Å². The molecule has 0 bridgehead atoms. The Morgan fingerprint density at radius 3 is 2.48 bits per heavy atom. The predicted octanol–water partition coefficient (Wildman–Crippen LogP) is 1.81. The zero-order valence-corrected chi connectivity index (χ0v) is 18.0. The van der Waals surface area contributed by atoms with Crippen LogP contribution in [0.25, 0.3) is 0 Å². The molecule has 156 valence electrons. The number of pyridine rings is 1. The Morgan fingerprint density at radius 2 is 1.79 bits per heavy atom. The summed E-state index contributed by atoms with van der Waals surface area (Å²) in [5.74, 6) is 0.0676. The Hall–Kier alpha value is -1.81. The van der Waals surface area contributed by atoms with Crippen LogP contribution in [0, 0.1) is 0 Å². The number of hydrogen-bond donors (Lipinski definition) is 0. The molecule has 2 saturated heterocycles. The third-order valence-corrected chi connectivity index (χ3v) is 8.93. The molecule has 2 aliphatic rings. The Morgan fingerprint density at radius 1 is 1.03 bits per heavy atom. The van der Waals surface area contributed by atoms with Crippen molar-refractivity contribution in [1.29, 1.82) is 0 Å². The van der Waals surface area contributed by atoms with Gasteiger partial charge in [0.1, 0.15) is 4.21 Å². The number of sulfonamides is 1. The molecule has 0 N–H and O–H groups in total. The molecule has 0 spiro atoms. The SMILES string of the molecule is O=C(Cc1ccc(S(=O)(=O)N2CCCC2)s1)N1CCN(Cc2cccnc2)CC1. The Kier molecular flexibility index (Phi) is 6.29. The molecule has 9 heteroatoms. The van der Waals surface area contributed by atoms with Crippen molar-refractivity contribution in [2.24, 2.45) is 0 Å². The van der Waals surface area contributed by atoms with Gasteiger partial charge in [-0.2, -0.15) is 4.31 Å². The molecule has 29 heavy (non-hydrogen) atoms. The summed E-state index contributed by atoms with van der Waals surface area (Å²) in [5, 5.41) is 0. The van der Waals surface area contributed by atoms with Gasteiger partial charge in [-0.05, 0) is 36.6 Å². The van der Waals surface area contributed by atoms with E-state index in [1.807, 2.05) is 17.2 Å². The average molecular weight is 435 g/mol. The van der Waals surface area contributed by atoms with Gasteiger partial charge in [-0.15, -0.1) is 11.3 Å². The standard InChI is InChI=1S/C20H26N4O3S2/c25-19(23-12-10-22(11-13-23)16-17-4-3-7-21-15-17)14-18-5-6-20(28-18)29(26,27)24-8-1-2-9-24/h3-7,15H,1-2,8-14,16H2. The van der Waals surface area contributed by atoms with Crippen molar-refractivity contribution in [3.8, 4) is 0 Å². The van der Waals surface area contributed by atoms with Gasteiger partial charge in [0.25, 0.3) is 10.0 Å². The van der Waals surface area contributed by atoms with E-state index in [0.29, 0.717) is 30.4 Å². The van der Waals surface area contributed by atoms with Gasteiger partial charge in [0.05, 0.1) is 6.42 Å². The molecule has 4 heterocycles. The lowest BCUT2D eigenvalue weighted by atomic mass is 10.2. The second-order valence-electron chi connectivity index (χ2n) is 7.53. The monoisotopic (exact) mass is 434 g/mol. The first-order valence-electron chi connectivity index (χ1n) is 10.0. The minimum Gasteiger partial charge on any atom is -0.340 e. The summed E-state index contributed by atoms with van der Waals surface area (Å²) in [7, 11) is -3.40. The summed E-state index contributed by atoms with van der Waals surface area (Å²) >= 11 is 1.23. The summed E-state index contributed by atoms with van der Waals surface area (Å²) in [4.78, 5) is 21.9. The zero-order chi connectivity index (χ0) is 20.3. The molecular formula is C20H26N4O3S2. The van der Waals surface area contributed by atoms with E-state index in [0.717, 1.165) is 37.4 Å². The molecular weight excluding hydrogens is 408 g/mol. The lowest BCUT2D eigenvalue weighted by Crippen LogP contribution is -2.48. The zero-order valence-electron chi connectivity index (χ0n) is 16.4. The van der Waals surface area contributed by atoms with Gasteiger partial charge >= 0.3 is 0 Å². The van der Waals surface area contributed by atoms with Crippen LogP contribution in [-0.4, -0.2) is 72.7 Å². The maximum atomic E-state index is 12.7. The number of rotatable bonds is 6. The number of amides is 1. The fourth-order valence-corrected chi connectivity index (χ4v) is 6.83. The van der Waals surface area contributed by atoms with E-state index in [1.54, 1.807) is 22.6 Å². The molecule has 0 unspecified atom stereocenters. The number of nitrogens with zero attached hydrogens (tertiary/aromatic N) is 4. The average Bonchev–Trinajstić information content (AvgIpc) is 3.42. The molecule has 0 aliphatic carbocycles. The van der Waals surface area contributed by atoms with Crippen LogP contribution in [0.15, 0.2) is 40.9 Å². The van der Waals surface area contributed by atoms with Gasteiger partial charge in [0.2, 0.25) is 5.91 Å². The summed E-state index contributed by atoms with van der Waals surface area (Å²) < 4.78 is 27.2. The molecule has 0 radical (unpaired) electrons. The molecule has 2 aromatic rings. The second kappa shape index (κ2) is 8.91. The van der Waals surface area contributed by atoms with Gasteiger partial charge < -0.3 is 4.90 Å². The summed E-state index contributed by atoms with van der Waals surface area (Å²) in [5.41, 5.74) is 1.18. The van der Waals surface area contributed by atoms with Crippen molar-refractivity contribution in [2.45, 2.75) is 30.0 Å². The molecule has 0 saturated carbocycles. The lowest BCUT2D eigenvalue weighted by molar-refractivity contribution is -0.132. The highest BCUT2D eigenvalue weighted by atomic mass is 32.2. The number of piperazine rings is 1. The van der Waals surface area contributed by atoms with Gasteiger partial charge in [0, 0.05) is 63.1 Å². The minimum absolute atomic E-state index is 0.0676.